The number of methoxy groups -OCH3 is 1. The number of hydrogen-bond acceptors (Lipinski definition) is 4. The first-order chi connectivity index (χ1) is 16.6. The summed E-state index contributed by atoms with van der Waals surface area (Å²) in [6, 6.07) is 15.9. The van der Waals surface area contributed by atoms with Crippen molar-refractivity contribution in [3.8, 4) is 5.69 Å². The molecule has 0 unspecified atom stereocenters. The lowest BCUT2D eigenvalue weighted by atomic mass is 9.92. The third-order valence-electron chi connectivity index (χ3n) is 5.33. The van der Waals surface area contributed by atoms with Gasteiger partial charge in [0.05, 0.1) is 27.0 Å². The van der Waals surface area contributed by atoms with Crippen LogP contribution in [0.1, 0.15) is 43.2 Å². The van der Waals surface area contributed by atoms with Gasteiger partial charge in [-0.2, -0.15) is 5.10 Å². The highest BCUT2D eigenvalue weighted by molar-refractivity contribution is 6.34. The van der Waals surface area contributed by atoms with Crippen LogP contribution in [-0.2, 0) is 14.9 Å². The van der Waals surface area contributed by atoms with Crippen molar-refractivity contribution in [1.29, 1.82) is 0 Å². The van der Waals surface area contributed by atoms with Crippen LogP contribution in [0.3, 0.4) is 0 Å². The maximum Gasteiger partial charge on any atom is 0.255 e. The van der Waals surface area contributed by atoms with Crippen LogP contribution in [0.2, 0.25) is 10.0 Å². The highest BCUT2D eigenvalue weighted by atomic mass is 35.5. The van der Waals surface area contributed by atoms with Gasteiger partial charge in [-0.1, -0.05) is 68.2 Å². The molecule has 7 nitrogen and oxygen atoms in total. The summed E-state index contributed by atoms with van der Waals surface area (Å²) in [6.07, 6.45) is 0.575. The standard InChI is InChI=1S/C26H30Cl2N4O3/c1-26(2,3)22-16-23(32(30-22)21-13-8-7-12-20(21)28)29-24(33)17-31(14-9-15-35-4)25(34)18-10-5-6-11-19(18)27/h5-8,10-13,16H,9,14-15,17H2,1-4H3,(H,29,33). The first-order valence-corrected chi connectivity index (χ1v) is 12.1. The number of nitrogens with one attached hydrogen (secondary N) is 1. The molecule has 186 valence electrons. The number of hydrogen-bond donors (Lipinski definition) is 1. The average molecular weight is 517 g/mol. The molecule has 3 rings (SSSR count). The monoisotopic (exact) mass is 516 g/mol. The largest absolute Gasteiger partial charge is 0.385 e. The summed E-state index contributed by atoms with van der Waals surface area (Å²) in [5.74, 6) is -0.219. The smallest absolute Gasteiger partial charge is 0.255 e. The van der Waals surface area contributed by atoms with E-state index in [0.717, 1.165) is 5.69 Å². The molecule has 1 aromatic heterocycles. The minimum Gasteiger partial charge on any atom is -0.385 e. The predicted octanol–water partition coefficient (Wildman–Crippen LogP) is 5.59. The Balaban J connectivity index is 1.87. The molecule has 3 aromatic rings. The Morgan fingerprint density at radius 3 is 2.34 bits per heavy atom. The Hall–Kier alpha value is -2.87. The molecular formula is C26H30Cl2N4O3. The van der Waals surface area contributed by atoms with Gasteiger partial charge in [0.2, 0.25) is 5.91 Å². The minimum absolute atomic E-state index is 0.160. The molecule has 1 heterocycles. The van der Waals surface area contributed by atoms with E-state index in [2.05, 4.69) is 5.32 Å². The molecule has 9 heteroatoms. The van der Waals surface area contributed by atoms with Crippen molar-refractivity contribution < 1.29 is 14.3 Å². The van der Waals surface area contributed by atoms with Crippen LogP contribution in [0.15, 0.2) is 54.6 Å². The normalized spacial score (nSPS) is 11.4. The minimum atomic E-state index is -0.364. The van der Waals surface area contributed by atoms with Crippen molar-refractivity contribution in [2.24, 2.45) is 0 Å². The zero-order valence-corrected chi connectivity index (χ0v) is 21.9. The average Bonchev–Trinajstić information content (AvgIpc) is 3.22. The fourth-order valence-electron chi connectivity index (χ4n) is 3.46. The molecule has 0 saturated carbocycles. The molecule has 0 fully saturated rings. The summed E-state index contributed by atoms with van der Waals surface area (Å²) >= 11 is 12.7. The number of carbonyl (C=O) groups is 2. The molecule has 2 amide bonds. The molecule has 0 bridgehead atoms. The van der Waals surface area contributed by atoms with Crippen molar-refractivity contribution >= 4 is 40.8 Å². The number of aromatic nitrogens is 2. The Kier molecular flexibility index (Phi) is 8.94. The Labute approximate surface area is 216 Å². The molecule has 0 spiro atoms. The van der Waals surface area contributed by atoms with Gasteiger partial charge in [0.15, 0.2) is 0 Å². The van der Waals surface area contributed by atoms with Gasteiger partial charge in [-0.25, -0.2) is 4.68 Å². The van der Waals surface area contributed by atoms with Gasteiger partial charge in [-0.05, 0) is 30.7 Å². The molecule has 35 heavy (non-hydrogen) atoms. The van der Waals surface area contributed by atoms with Crippen LogP contribution in [0.25, 0.3) is 5.69 Å². The maximum absolute atomic E-state index is 13.2. The molecule has 1 N–H and O–H groups in total. The van der Waals surface area contributed by atoms with Crippen molar-refractivity contribution in [3.63, 3.8) is 0 Å². The lowest BCUT2D eigenvalue weighted by Crippen LogP contribution is -2.39. The van der Waals surface area contributed by atoms with Gasteiger partial charge < -0.3 is 15.0 Å². The SMILES string of the molecule is COCCCN(CC(=O)Nc1cc(C(C)(C)C)nn1-c1ccccc1Cl)C(=O)c1ccccc1Cl. The van der Waals surface area contributed by atoms with E-state index in [9.17, 15) is 9.59 Å². The van der Waals surface area contributed by atoms with Crippen LogP contribution < -0.4 is 5.32 Å². The second kappa shape index (κ2) is 11.7. The van der Waals surface area contributed by atoms with Crippen molar-refractivity contribution in [2.45, 2.75) is 32.6 Å². The van der Waals surface area contributed by atoms with Crippen molar-refractivity contribution in [2.75, 3.05) is 32.1 Å². The number of nitrogens with zero attached hydrogens (tertiary/aromatic N) is 3. The molecule has 0 aliphatic heterocycles. The van der Waals surface area contributed by atoms with E-state index in [4.69, 9.17) is 33.0 Å². The number of rotatable bonds is 9. The van der Waals surface area contributed by atoms with Gasteiger partial charge >= 0.3 is 0 Å². The number of amides is 2. The molecule has 0 radical (unpaired) electrons. The number of anilines is 1. The lowest BCUT2D eigenvalue weighted by molar-refractivity contribution is -0.117. The summed E-state index contributed by atoms with van der Waals surface area (Å²) in [6.45, 7) is 6.75. The third-order valence-corrected chi connectivity index (χ3v) is 5.98. The van der Waals surface area contributed by atoms with Crippen LogP contribution in [-0.4, -0.2) is 53.3 Å². The fourth-order valence-corrected chi connectivity index (χ4v) is 3.89. The molecule has 0 atom stereocenters. The number of para-hydroxylation sites is 1. The zero-order chi connectivity index (χ0) is 25.6. The van der Waals surface area contributed by atoms with E-state index in [1.165, 1.54) is 4.90 Å². The summed E-state index contributed by atoms with van der Waals surface area (Å²) in [7, 11) is 1.59. The van der Waals surface area contributed by atoms with Gasteiger partial charge in [0.25, 0.3) is 5.91 Å². The van der Waals surface area contributed by atoms with Gasteiger partial charge in [-0.15, -0.1) is 0 Å². The van der Waals surface area contributed by atoms with Crippen LogP contribution in [0.5, 0.6) is 0 Å². The Bertz CT molecular complexity index is 1190. The zero-order valence-electron chi connectivity index (χ0n) is 20.3. The molecule has 0 aliphatic rings. The highest BCUT2D eigenvalue weighted by Crippen LogP contribution is 2.29. The van der Waals surface area contributed by atoms with E-state index in [1.54, 1.807) is 42.1 Å². The summed E-state index contributed by atoms with van der Waals surface area (Å²) < 4.78 is 6.74. The van der Waals surface area contributed by atoms with E-state index in [-0.39, 0.29) is 23.8 Å². The van der Waals surface area contributed by atoms with Crippen LogP contribution >= 0.6 is 23.2 Å². The van der Waals surface area contributed by atoms with E-state index in [1.807, 2.05) is 45.0 Å². The van der Waals surface area contributed by atoms with Gasteiger partial charge in [0.1, 0.15) is 12.4 Å². The van der Waals surface area contributed by atoms with E-state index < -0.39 is 0 Å². The molecule has 0 saturated heterocycles. The van der Waals surface area contributed by atoms with Gasteiger partial charge in [0, 0.05) is 31.7 Å². The maximum atomic E-state index is 13.2. The molecular weight excluding hydrogens is 487 g/mol. The summed E-state index contributed by atoms with van der Waals surface area (Å²) in [5, 5.41) is 8.45. The topological polar surface area (TPSA) is 76.5 Å². The highest BCUT2D eigenvalue weighted by Gasteiger charge is 2.24. The van der Waals surface area contributed by atoms with Crippen LogP contribution in [0, 0.1) is 0 Å². The number of halogens is 2. The molecule has 2 aromatic carbocycles. The quantitative estimate of drug-likeness (QED) is 0.376. The van der Waals surface area contributed by atoms with Gasteiger partial charge in [-0.3, -0.25) is 9.59 Å². The number of carbonyl (C=O) groups excluding carboxylic acids is 2. The molecule has 0 aliphatic carbocycles. The van der Waals surface area contributed by atoms with Crippen molar-refractivity contribution in [3.05, 3.63) is 75.9 Å². The van der Waals surface area contributed by atoms with Crippen molar-refractivity contribution in [1.82, 2.24) is 14.7 Å². The Morgan fingerprint density at radius 2 is 1.71 bits per heavy atom. The van der Waals surface area contributed by atoms with Crippen LogP contribution in [0.4, 0.5) is 5.82 Å². The first kappa shape index (κ1) is 26.7. The fraction of sp³-hybridized carbons (Fsp3) is 0.346. The summed E-state index contributed by atoms with van der Waals surface area (Å²) in [5.41, 5.74) is 1.52. The Morgan fingerprint density at radius 1 is 1.06 bits per heavy atom. The van der Waals surface area contributed by atoms with E-state index in [0.29, 0.717) is 46.7 Å². The summed E-state index contributed by atoms with van der Waals surface area (Å²) in [4.78, 5) is 27.8. The van der Waals surface area contributed by atoms with E-state index >= 15 is 0 Å². The second-order valence-corrected chi connectivity index (χ2v) is 9.94. The predicted molar refractivity (Wildman–Crippen MR) is 140 cm³/mol. The number of ether oxygens (including phenoxy) is 1. The third kappa shape index (κ3) is 6.84. The first-order valence-electron chi connectivity index (χ1n) is 11.3. The second-order valence-electron chi connectivity index (χ2n) is 9.13. The number of benzene rings is 2. The lowest BCUT2D eigenvalue weighted by Gasteiger charge is -2.23.